The van der Waals surface area contributed by atoms with Crippen molar-refractivity contribution in [2.24, 2.45) is 0 Å². The van der Waals surface area contributed by atoms with Crippen LogP contribution in [0.4, 0.5) is 0 Å². The second kappa shape index (κ2) is 301. The molecular formula is C2H8NiO2. The Balaban J connectivity index is -0.0000000133. The molecule has 0 bridgehead atoms. The first kappa shape index (κ1) is 18.1. The largest absolute Gasteiger partial charge is 0.400 e. The summed E-state index contributed by atoms with van der Waals surface area (Å²) in [6, 6.07) is 0. The smallest absolute Gasteiger partial charge is 0.0319 e. The molecule has 0 aromatic carbocycles. The van der Waals surface area contributed by atoms with Crippen LogP contribution < -0.4 is 0 Å². The molecule has 0 atom stereocenters. The molecule has 0 rings (SSSR count). The first-order valence-corrected chi connectivity index (χ1v) is 0.894. The molecule has 0 aliphatic rings. The third-order valence-electron chi connectivity index (χ3n) is 0. The van der Waals surface area contributed by atoms with Crippen LogP contribution in [0.2, 0.25) is 0 Å². The van der Waals surface area contributed by atoms with Crippen LogP contribution in [0.15, 0.2) is 0 Å². The minimum absolute atomic E-state index is 0. The normalized spacial score (nSPS) is 2.40. The molecule has 0 aliphatic carbocycles. The van der Waals surface area contributed by atoms with E-state index in [4.69, 9.17) is 10.2 Å². The molecule has 0 aliphatic heterocycles. The topological polar surface area (TPSA) is 40.5 Å². The third-order valence-corrected chi connectivity index (χ3v) is 0. The molecule has 0 aromatic rings. The van der Waals surface area contributed by atoms with Crippen LogP contribution >= 0.6 is 0 Å². The minimum Gasteiger partial charge on any atom is -0.400 e. The van der Waals surface area contributed by atoms with Crippen LogP contribution in [0.25, 0.3) is 0 Å². The van der Waals surface area contributed by atoms with E-state index in [0.717, 1.165) is 14.2 Å². The molecule has 0 amide bonds. The van der Waals surface area contributed by atoms with E-state index < -0.39 is 0 Å². The maximum absolute atomic E-state index is 7.00. The van der Waals surface area contributed by atoms with E-state index in [2.05, 4.69) is 0 Å². The molecule has 5 heavy (non-hydrogen) atoms. The standard InChI is InChI=1S/2CH4O.Ni/c2*1-2;/h2*2H,1H3;. The van der Waals surface area contributed by atoms with Gasteiger partial charge in [0.05, 0.1) is 0 Å². The van der Waals surface area contributed by atoms with Gasteiger partial charge in [-0.15, -0.1) is 0 Å². The van der Waals surface area contributed by atoms with E-state index in [1.165, 1.54) is 0 Å². The summed E-state index contributed by atoms with van der Waals surface area (Å²) in [5, 5.41) is 14.0. The van der Waals surface area contributed by atoms with E-state index in [1.807, 2.05) is 0 Å². The molecule has 0 spiro atoms. The minimum atomic E-state index is 0. The van der Waals surface area contributed by atoms with Crippen molar-refractivity contribution in [3.8, 4) is 0 Å². The van der Waals surface area contributed by atoms with Gasteiger partial charge in [-0.3, -0.25) is 0 Å². The predicted molar refractivity (Wildman–Crippen MR) is 16.3 cm³/mol. The average molecular weight is 123 g/mol. The van der Waals surface area contributed by atoms with Crippen molar-refractivity contribution in [1.29, 1.82) is 0 Å². The molecule has 2 N–H and O–H groups in total. The molecule has 0 saturated carbocycles. The maximum Gasteiger partial charge on any atom is 0.0319 e. The summed E-state index contributed by atoms with van der Waals surface area (Å²) < 4.78 is 0. The van der Waals surface area contributed by atoms with Crippen LogP contribution in [0.3, 0.4) is 0 Å². The van der Waals surface area contributed by atoms with E-state index in [9.17, 15) is 0 Å². The zero-order valence-corrected chi connectivity index (χ0v) is 4.20. The van der Waals surface area contributed by atoms with Crippen molar-refractivity contribution in [3.63, 3.8) is 0 Å². The van der Waals surface area contributed by atoms with Gasteiger partial charge < -0.3 is 10.2 Å². The Bertz CT molecular complexity index is 7.61. The van der Waals surface area contributed by atoms with Gasteiger partial charge in [0.2, 0.25) is 0 Å². The third kappa shape index (κ3) is 150. The van der Waals surface area contributed by atoms with Gasteiger partial charge in [0.1, 0.15) is 0 Å². The quantitative estimate of drug-likeness (QED) is 0.414. The Kier molecular flexibility index (Phi) is 1090. The van der Waals surface area contributed by atoms with E-state index >= 15 is 0 Å². The SMILES string of the molecule is CO.CO.[Ni]. The van der Waals surface area contributed by atoms with Gasteiger partial charge in [-0.1, -0.05) is 0 Å². The Morgan fingerprint density at radius 1 is 0.800 bits per heavy atom. The Morgan fingerprint density at radius 2 is 0.800 bits per heavy atom. The number of hydrogen-bond donors (Lipinski definition) is 2. The van der Waals surface area contributed by atoms with E-state index in [-0.39, 0.29) is 16.5 Å². The zero-order valence-electron chi connectivity index (χ0n) is 3.21. The summed E-state index contributed by atoms with van der Waals surface area (Å²) in [7, 11) is 2.00. The second-order valence-electron chi connectivity index (χ2n) is 0. The second-order valence-corrected chi connectivity index (χ2v) is 0. The molecule has 0 saturated heterocycles. The monoisotopic (exact) mass is 122 g/mol. The van der Waals surface area contributed by atoms with Gasteiger partial charge in [0.25, 0.3) is 0 Å². The van der Waals surface area contributed by atoms with Crippen LogP contribution in [0, 0.1) is 0 Å². The van der Waals surface area contributed by atoms with E-state index in [1.54, 1.807) is 0 Å². The number of aliphatic hydroxyl groups is 2. The average Bonchev–Trinajstić information content (AvgIpc) is 1.50. The fourth-order valence-corrected chi connectivity index (χ4v) is 0. The summed E-state index contributed by atoms with van der Waals surface area (Å²) in [5.41, 5.74) is 0. The van der Waals surface area contributed by atoms with Crippen molar-refractivity contribution in [1.82, 2.24) is 0 Å². The van der Waals surface area contributed by atoms with E-state index in [0.29, 0.717) is 0 Å². The molecule has 0 aromatic heterocycles. The van der Waals surface area contributed by atoms with Gasteiger partial charge in [-0.25, -0.2) is 0 Å². The molecule has 3 heteroatoms. The molecule has 0 fully saturated rings. The number of hydrogen-bond acceptors (Lipinski definition) is 2. The summed E-state index contributed by atoms with van der Waals surface area (Å²) in [6.45, 7) is 0. The number of rotatable bonds is 0. The molecule has 0 radical (unpaired) electrons. The van der Waals surface area contributed by atoms with Crippen LogP contribution in [-0.2, 0) is 16.5 Å². The first-order chi connectivity index (χ1) is 2.00. The fraction of sp³-hybridized carbons (Fsp3) is 1.00. The van der Waals surface area contributed by atoms with Crippen molar-refractivity contribution < 1.29 is 26.7 Å². The zero-order chi connectivity index (χ0) is 4.00. The maximum atomic E-state index is 7.00. The summed E-state index contributed by atoms with van der Waals surface area (Å²) in [6.07, 6.45) is 0. The molecule has 0 heterocycles. The Labute approximate surface area is 41.7 Å². The fourth-order valence-electron chi connectivity index (χ4n) is 0. The van der Waals surface area contributed by atoms with Crippen LogP contribution in [0.5, 0.6) is 0 Å². The van der Waals surface area contributed by atoms with Crippen molar-refractivity contribution >= 4 is 0 Å². The molecular weight excluding hydrogens is 115 g/mol. The van der Waals surface area contributed by atoms with Gasteiger partial charge in [0, 0.05) is 30.7 Å². The van der Waals surface area contributed by atoms with Gasteiger partial charge >= 0.3 is 0 Å². The van der Waals surface area contributed by atoms with Crippen LogP contribution in [0.1, 0.15) is 0 Å². The van der Waals surface area contributed by atoms with Gasteiger partial charge in [0.15, 0.2) is 0 Å². The molecule has 38 valence electrons. The summed E-state index contributed by atoms with van der Waals surface area (Å²) in [5.74, 6) is 0. The van der Waals surface area contributed by atoms with Crippen LogP contribution in [-0.4, -0.2) is 24.4 Å². The summed E-state index contributed by atoms with van der Waals surface area (Å²) >= 11 is 0. The Morgan fingerprint density at radius 3 is 0.800 bits per heavy atom. The summed E-state index contributed by atoms with van der Waals surface area (Å²) in [4.78, 5) is 0. The molecule has 0 unspecified atom stereocenters. The number of aliphatic hydroxyl groups excluding tert-OH is 2. The molecule has 2 nitrogen and oxygen atoms in total. The predicted octanol–water partition coefficient (Wildman–Crippen LogP) is -0.786. The first-order valence-electron chi connectivity index (χ1n) is 0.894. The van der Waals surface area contributed by atoms with Crippen molar-refractivity contribution in [2.75, 3.05) is 14.2 Å². The van der Waals surface area contributed by atoms with Crippen molar-refractivity contribution in [2.45, 2.75) is 0 Å². The Hall–Kier alpha value is 0.414. The van der Waals surface area contributed by atoms with Gasteiger partial charge in [-0.2, -0.15) is 0 Å². The van der Waals surface area contributed by atoms with Crippen molar-refractivity contribution in [3.05, 3.63) is 0 Å². The van der Waals surface area contributed by atoms with Gasteiger partial charge in [-0.05, 0) is 0 Å².